The van der Waals surface area contributed by atoms with Gasteiger partial charge in [0.15, 0.2) is 0 Å². The summed E-state index contributed by atoms with van der Waals surface area (Å²) < 4.78 is 0. The Bertz CT molecular complexity index is 532. The minimum Gasteiger partial charge on any atom is -0.307 e. The highest BCUT2D eigenvalue weighted by Gasteiger charge is 2.06. The van der Waals surface area contributed by atoms with Gasteiger partial charge >= 0.3 is 0 Å². The van der Waals surface area contributed by atoms with Gasteiger partial charge in [-0.1, -0.05) is 32.0 Å². The number of nitrogens with zero attached hydrogens (tertiary/aromatic N) is 1. The minimum absolute atomic E-state index is 0.130. The van der Waals surface area contributed by atoms with Crippen molar-refractivity contribution in [3.05, 3.63) is 59.8 Å². The van der Waals surface area contributed by atoms with Crippen LogP contribution in [0.15, 0.2) is 48.7 Å². The first-order valence-electron chi connectivity index (χ1n) is 6.46. The van der Waals surface area contributed by atoms with Crippen molar-refractivity contribution in [2.45, 2.75) is 20.3 Å². The van der Waals surface area contributed by atoms with E-state index in [0.717, 1.165) is 6.42 Å². The molecule has 0 bridgehead atoms. The third-order valence-electron chi connectivity index (χ3n) is 2.77. The molecule has 0 atom stereocenters. The van der Waals surface area contributed by atoms with Gasteiger partial charge < -0.3 is 5.32 Å². The Balaban J connectivity index is 2.04. The molecule has 1 amide bonds. The number of carbonyl (C=O) groups excluding carboxylic acids is 1. The topological polar surface area (TPSA) is 42.0 Å². The Hall–Kier alpha value is -2.16. The SMILES string of the molecule is CC(C)Cc1ccc(C(=O)Nc2ccccn2)cc1. The van der Waals surface area contributed by atoms with Crippen molar-refractivity contribution < 1.29 is 4.79 Å². The second kappa shape index (κ2) is 6.14. The van der Waals surface area contributed by atoms with Crippen LogP contribution >= 0.6 is 0 Å². The van der Waals surface area contributed by atoms with Crippen LogP contribution in [0, 0.1) is 5.92 Å². The zero-order valence-corrected chi connectivity index (χ0v) is 11.3. The molecule has 0 fully saturated rings. The van der Waals surface area contributed by atoms with E-state index in [1.165, 1.54) is 5.56 Å². The third kappa shape index (κ3) is 3.91. The van der Waals surface area contributed by atoms with Crippen LogP contribution in [0.5, 0.6) is 0 Å². The monoisotopic (exact) mass is 254 g/mol. The van der Waals surface area contributed by atoms with E-state index in [9.17, 15) is 4.79 Å². The number of rotatable bonds is 4. The first kappa shape index (κ1) is 13.3. The summed E-state index contributed by atoms with van der Waals surface area (Å²) in [4.78, 5) is 16.1. The number of pyridine rings is 1. The van der Waals surface area contributed by atoms with Crippen LogP contribution < -0.4 is 5.32 Å². The lowest BCUT2D eigenvalue weighted by molar-refractivity contribution is 0.102. The smallest absolute Gasteiger partial charge is 0.256 e. The molecular formula is C16H18N2O. The van der Waals surface area contributed by atoms with Crippen molar-refractivity contribution in [2.75, 3.05) is 5.32 Å². The third-order valence-corrected chi connectivity index (χ3v) is 2.77. The van der Waals surface area contributed by atoms with Crippen molar-refractivity contribution in [3.63, 3.8) is 0 Å². The maximum atomic E-state index is 12.0. The summed E-state index contributed by atoms with van der Waals surface area (Å²) in [6.45, 7) is 4.36. The van der Waals surface area contributed by atoms with Gasteiger partial charge in [0.1, 0.15) is 5.82 Å². The van der Waals surface area contributed by atoms with Gasteiger partial charge in [0, 0.05) is 11.8 Å². The van der Waals surface area contributed by atoms with Gasteiger partial charge in [0.05, 0.1) is 0 Å². The molecular weight excluding hydrogens is 236 g/mol. The molecule has 0 saturated heterocycles. The fourth-order valence-corrected chi connectivity index (χ4v) is 1.89. The highest BCUT2D eigenvalue weighted by Crippen LogP contribution is 2.11. The molecule has 1 heterocycles. The first-order valence-corrected chi connectivity index (χ1v) is 6.46. The molecule has 0 saturated carbocycles. The van der Waals surface area contributed by atoms with Crippen molar-refractivity contribution in [1.82, 2.24) is 4.98 Å². The molecule has 2 rings (SSSR count). The number of hydrogen-bond acceptors (Lipinski definition) is 2. The van der Waals surface area contributed by atoms with E-state index in [1.807, 2.05) is 36.4 Å². The maximum Gasteiger partial charge on any atom is 0.256 e. The number of carbonyl (C=O) groups is 1. The fraction of sp³-hybridized carbons (Fsp3) is 0.250. The number of benzene rings is 1. The molecule has 1 aromatic carbocycles. The second-order valence-electron chi connectivity index (χ2n) is 4.96. The summed E-state index contributed by atoms with van der Waals surface area (Å²) in [5.41, 5.74) is 1.91. The van der Waals surface area contributed by atoms with E-state index >= 15 is 0 Å². The number of anilines is 1. The van der Waals surface area contributed by atoms with Crippen molar-refractivity contribution >= 4 is 11.7 Å². The van der Waals surface area contributed by atoms with Gasteiger partial charge in [0.25, 0.3) is 5.91 Å². The van der Waals surface area contributed by atoms with Crippen molar-refractivity contribution in [3.8, 4) is 0 Å². The lowest BCUT2D eigenvalue weighted by atomic mass is 10.0. The molecule has 2 aromatic rings. The normalized spacial score (nSPS) is 10.5. The summed E-state index contributed by atoms with van der Waals surface area (Å²) in [5, 5.41) is 2.77. The molecule has 0 aliphatic heterocycles. The zero-order valence-electron chi connectivity index (χ0n) is 11.3. The first-order chi connectivity index (χ1) is 9.15. The zero-order chi connectivity index (χ0) is 13.7. The Labute approximate surface area is 113 Å². The van der Waals surface area contributed by atoms with Gasteiger partial charge in [-0.15, -0.1) is 0 Å². The number of aromatic nitrogens is 1. The van der Waals surface area contributed by atoms with Crippen LogP contribution in [0.3, 0.4) is 0 Å². The van der Waals surface area contributed by atoms with Crippen molar-refractivity contribution in [2.24, 2.45) is 5.92 Å². The quantitative estimate of drug-likeness (QED) is 0.906. The van der Waals surface area contributed by atoms with E-state index in [-0.39, 0.29) is 5.91 Å². The summed E-state index contributed by atoms with van der Waals surface area (Å²) in [5.74, 6) is 1.06. The summed E-state index contributed by atoms with van der Waals surface area (Å²) >= 11 is 0. The van der Waals surface area contributed by atoms with E-state index in [2.05, 4.69) is 24.1 Å². The Kier molecular flexibility index (Phi) is 4.29. The van der Waals surface area contributed by atoms with Crippen LogP contribution in [0.2, 0.25) is 0 Å². The largest absolute Gasteiger partial charge is 0.307 e. The molecule has 3 nitrogen and oxygen atoms in total. The Morgan fingerprint density at radius 2 is 1.89 bits per heavy atom. The highest BCUT2D eigenvalue weighted by atomic mass is 16.1. The number of nitrogens with one attached hydrogen (secondary N) is 1. The average Bonchev–Trinajstić information content (AvgIpc) is 2.40. The number of hydrogen-bond donors (Lipinski definition) is 1. The van der Waals surface area contributed by atoms with E-state index in [4.69, 9.17) is 0 Å². The summed E-state index contributed by atoms with van der Waals surface area (Å²) in [6, 6.07) is 13.2. The average molecular weight is 254 g/mol. The molecule has 0 spiro atoms. The van der Waals surface area contributed by atoms with Crippen LogP contribution in [-0.4, -0.2) is 10.9 Å². The maximum absolute atomic E-state index is 12.0. The van der Waals surface area contributed by atoms with Crippen LogP contribution in [0.25, 0.3) is 0 Å². The van der Waals surface area contributed by atoms with Crippen molar-refractivity contribution in [1.29, 1.82) is 0 Å². The van der Waals surface area contributed by atoms with E-state index < -0.39 is 0 Å². The van der Waals surface area contributed by atoms with E-state index in [1.54, 1.807) is 12.3 Å². The molecule has 0 radical (unpaired) electrons. The molecule has 0 aliphatic carbocycles. The molecule has 3 heteroatoms. The Morgan fingerprint density at radius 1 is 1.16 bits per heavy atom. The molecule has 19 heavy (non-hydrogen) atoms. The van der Waals surface area contributed by atoms with Gasteiger partial charge in [-0.2, -0.15) is 0 Å². The molecule has 98 valence electrons. The highest BCUT2D eigenvalue weighted by molar-refractivity contribution is 6.03. The summed E-state index contributed by atoms with van der Waals surface area (Å²) in [7, 11) is 0. The lowest BCUT2D eigenvalue weighted by Gasteiger charge is -2.07. The summed E-state index contributed by atoms with van der Waals surface area (Å²) in [6.07, 6.45) is 2.68. The van der Waals surface area contributed by atoms with Crippen LogP contribution in [0.1, 0.15) is 29.8 Å². The molecule has 0 aliphatic rings. The predicted octanol–water partition coefficient (Wildman–Crippen LogP) is 3.53. The van der Waals surface area contributed by atoms with Gasteiger partial charge in [-0.05, 0) is 42.2 Å². The van der Waals surface area contributed by atoms with Crippen LogP contribution in [0.4, 0.5) is 5.82 Å². The minimum atomic E-state index is -0.130. The lowest BCUT2D eigenvalue weighted by Crippen LogP contribution is -2.12. The Morgan fingerprint density at radius 3 is 2.47 bits per heavy atom. The van der Waals surface area contributed by atoms with E-state index in [0.29, 0.717) is 17.3 Å². The fourth-order valence-electron chi connectivity index (χ4n) is 1.89. The van der Waals surface area contributed by atoms with Gasteiger partial charge in [0.2, 0.25) is 0 Å². The predicted molar refractivity (Wildman–Crippen MR) is 77.2 cm³/mol. The van der Waals surface area contributed by atoms with Gasteiger partial charge in [-0.3, -0.25) is 4.79 Å². The van der Waals surface area contributed by atoms with Gasteiger partial charge in [-0.25, -0.2) is 4.98 Å². The van der Waals surface area contributed by atoms with Crippen LogP contribution in [-0.2, 0) is 6.42 Å². The molecule has 0 unspecified atom stereocenters. The number of amides is 1. The molecule has 1 N–H and O–H groups in total. The molecule has 1 aromatic heterocycles. The second-order valence-corrected chi connectivity index (χ2v) is 4.96. The standard InChI is InChI=1S/C16H18N2O/c1-12(2)11-13-6-8-14(9-7-13)16(19)18-15-5-3-4-10-17-15/h3-10,12H,11H2,1-2H3,(H,17,18,19).